The number of pyridine rings is 1. The minimum Gasteiger partial charge on any atom is -0.338 e. The number of fused-ring (bicyclic) bond motifs is 1. The number of carbonyl (C=O) groups excluding carboxylic acids is 2. The summed E-state index contributed by atoms with van der Waals surface area (Å²) in [4.78, 5) is 28.2. The SMILES string of the molecule is O=C(CCCNC(=O)NC1CCCCC1)Nc1cnc2ccccc2c1. The van der Waals surface area contributed by atoms with Crippen LogP contribution in [0.3, 0.4) is 0 Å². The number of aromatic nitrogens is 1. The van der Waals surface area contributed by atoms with Crippen LogP contribution < -0.4 is 16.0 Å². The Bertz CT molecular complexity index is 756. The molecule has 1 aliphatic carbocycles. The maximum Gasteiger partial charge on any atom is 0.315 e. The predicted octanol–water partition coefficient (Wildman–Crippen LogP) is 3.59. The number of hydrogen-bond donors (Lipinski definition) is 3. The second kappa shape index (κ2) is 9.17. The number of nitrogens with one attached hydrogen (secondary N) is 3. The van der Waals surface area contributed by atoms with Gasteiger partial charge in [-0.25, -0.2) is 4.79 Å². The molecule has 1 aromatic carbocycles. The third-order valence-corrected chi connectivity index (χ3v) is 4.68. The van der Waals surface area contributed by atoms with Gasteiger partial charge in [0.05, 0.1) is 17.4 Å². The molecule has 6 heteroatoms. The van der Waals surface area contributed by atoms with Crippen molar-refractivity contribution in [3.8, 4) is 0 Å². The van der Waals surface area contributed by atoms with Crippen LogP contribution >= 0.6 is 0 Å². The summed E-state index contributed by atoms with van der Waals surface area (Å²) in [5, 5.41) is 9.69. The van der Waals surface area contributed by atoms with Gasteiger partial charge in [0.25, 0.3) is 0 Å². The molecule has 2 aromatic rings. The first-order chi connectivity index (χ1) is 12.7. The van der Waals surface area contributed by atoms with E-state index in [4.69, 9.17) is 0 Å². The lowest BCUT2D eigenvalue weighted by Gasteiger charge is -2.22. The van der Waals surface area contributed by atoms with E-state index >= 15 is 0 Å². The highest BCUT2D eigenvalue weighted by atomic mass is 16.2. The van der Waals surface area contributed by atoms with E-state index in [1.54, 1.807) is 6.20 Å². The van der Waals surface area contributed by atoms with Crippen LogP contribution in [0.25, 0.3) is 10.9 Å². The van der Waals surface area contributed by atoms with Crippen molar-refractivity contribution in [1.29, 1.82) is 0 Å². The summed E-state index contributed by atoms with van der Waals surface area (Å²) < 4.78 is 0. The first kappa shape index (κ1) is 18.2. The van der Waals surface area contributed by atoms with Crippen molar-refractivity contribution < 1.29 is 9.59 Å². The van der Waals surface area contributed by atoms with E-state index in [0.29, 0.717) is 31.1 Å². The van der Waals surface area contributed by atoms with Gasteiger partial charge in [0.1, 0.15) is 0 Å². The van der Waals surface area contributed by atoms with Crippen molar-refractivity contribution in [3.05, 3.63) is 36.5 Å². The molecule has 0 atom stereocenters. The number of benzene rings is 1. The van der Waals surface area contributed by atoms with Crippen LogP contribution in [0.2, 0.25) is 0 Å². The van der Waals surface area contributed by atoms with Gasteiger partial charge < -0.3 is 16.0 Å². The van der Waals surface area contributed by atoms with Crippen molar-refractivity contribution in [2.24, 2.45) is 0 Å². The van der Waals surface area contributed by atoms with Crippen molar-refractivity contribution >= 4 is 28.5 Å². The molecule has 1 aromatic heterocycles. The van der Waals surface area contributed by atoms with Crippen LogP contribution in [0.4, 0.5) is 10.5 Å². The summed E-state index contributed by atoms with van der Waals surface area (Å²) in [5.74, 6) is -0.0726. The summed E-state index contributed by atoms with van der Waals surface area (Å²) in [5.41, 5.74) is 1.59. The molecule has 1 aliphatic rings. The molecule has 26 heavy (non-hydrogen) atoms. The van der Waals surface area contributed by atoms with Gasteiger partial charge in [0.2, 0.25) is 5.91 Å². The number of urea groups is 1. The molecular weight excluding hydrogens is 328 g/mol. The molecule has 3 amide bonds. The molecule has 0 aliphatic heterocycles. The summed E-state index contributed by atoms with van der Waals surface area (Å²) in [6.45, 7) is 0.488. The molecule has 0 saturated heterocycles. The molecule has 1 saturated carbocycles. The fourth-order valence-corrected chi connectivity index (χ4v) is 3.30. The molecular formula is C20H26N4O2. The quantitative estimate of drug-likeness (QED) is 0.693. The lowest BCUT2D eigenvalue weighted by molar-refractivity contribution is -0.116. The van der Waals surface area contributed by atoms with E-state index in [-0.39, 0.29) is 11.9 Å². The second-order valence-corrected chi connectivity index (χ2v) is 6.80. The lowest BCUT2D eigenvalue weighted by Crippen LogP contribution is -2.43. The lowest BCUT2D eigenvalue weighted by atomic mass is 9.96. The fourth-order valence-electron chi connectivity index (χ4n) is 3.30. The molecule has 0 unspecified atom stereocenters. The van der Waals surface area contributed by atoms with Crippen LogP contribution in [-0.4, -0.2) is 29.5 Å². The Labute approximate surface area is 153 Å². The summed E-state index contributed by atoms with van der Waals surface area (Å²) in [7, 11) is 0. The van der Waals surface area contributed by atoms with Gasteiger partial charge in [-0.3, -0.25) is 9.78 Å². The Hall–Kier alpha value is -2.63. The standard InChI is InChI=1S/C20H26N4O2/c25-19(23-17-13-15-7-4-5-10-18(15)22-14-17)11-6-12-21-20(26)24-16-8-2-1-3-9-16/h4-5,7,10,13-14,16H,1-3,6,8-9,11-12H2,(H,23,25)(H2,21,24,26). The van der Waals surface area contributed by atoms with Crippen LogP contribution in [0.1, 0.15) is 44.9 Å². The van der Waals surface area contributed by atoms with Crippen LogP contribution in [0, 0.1) is 0 Å². The molecule has 6 nitrogen and oxygen atoms in total. The largest absolute Gasteiger partial charge is 0.338 e. The molecule has 0 spiro atoms. The average Bonchev–Trinajstić information content (AvgIpc) is 2.66. The van der Waals surface area contributed by atoms with Crippen LogP contribution in [0.5, 0.6) is 0 Å². The molecule has 138 valence electrons. The van der Waals surface area contributed by atoms with E-state index < -0.39 is 0 Å². The maximum atomic E-state index is 12.0. The fraction of sp³-hybridized carbons (Fsp3) is 0.450. The number of rotatable bonds is 6. The topological polar surface area (TPSA) is 83.1 Å². The van der Waals surface area contributed by atoms with E-state index in [0.717, 1.165) is 23.7 Å². The Balaban J connectivity index is 1.35. The van der Waals surface area contributed by atoms with Crippen molar-refractivity contribution in [2.75, 3.05) is 11.9 Å². The maximum absolute atomic E-state index is 12.0. The Morgan fingerprint density at radius 3 is 2.77 bits per heavy atom. The average molecular weight is 354 g/mol. The Kier molecular flexibility index (Phi) is 6.41. The minimum atomic E-state index is -0.129. The second-order valence-electron chi connectivity index (χ2n) is 6.80. The van der Waals surface area contributed by atoms with E-state index in [1.165, 1.54) is 19.3 Å². The van der Waals surface area contributed by atoms with E-state index in [9.17, 15) is 9.59 Å². The normalized spacial score (nSPS) is 14.8. The zero-order chi connectivity index (χ0) is 18.2. The van der Waals surface area contributed by atoms with Gasteiger partial charge in [0.15, 0.2) is 0 Å². The molecule has 1 fully saturated rings. The zero-order valence-electron chi connectivity index (χ0n) is 15.0. The van der Waals surface area contributed by atoms with Gasteiger partial charge in [-0.15, -0.1) is 0 Å². The number of amides is 3. The number of nitrogens with zero attached hydrogens (tertiary/aromatic N) is 1. The third kappa shape index (κ3) is 5.44. The van der Waals surface area contributed by atoms with Gasteiger partial charge in [-0.2, -0.15) is 0 Å². The number of para-hydroxylation sites is 1. The highest BCUT2D eigenvalue weighted by Gasteiger charge is 2.15. The molecule has 3 N–H and O–H groups in total. The number of anilines is 1. The van der Waals surface area contributed by atoms with Crippen molar-refractivity contribution in [1.82, 2.24) is 15.6 Å². The Morgan fingerprint density at radius 2 is 1.92 bits per heavy atom. The zero-order valence-corrected chi connectivity index (χ0v) is 15.0. The first-order valence-corrected chi connectivity index (χ1v) is 9.40. The monoisotopic (exact) mass is 354 g/mol. The minimum absolute atomic E-state index is 0.0726. The predicted molar refractivity (Wildman–Crippen MR) is 103 cm³/mol. The molecule has 1 heterocycles. The third-order valence-electron chi connectivity index (χ3n) is 4.68. The summed E-state index contributed by atoms with van der Waals surface area (Å²) >= 11 is 0. The van der Waals surface area contributed by atoms with Gasteiger partial charge >= 0.3 is 6.03 Å². The molecule has 0 bridgehead atoms. The smallest absolute Gasteiger partial charge is 0.315 e. The number of hydrogen-bond acceptors (Lipinski definition) is 3. The van der Waals surface area contributed by atoms with Gasteiger partial charge in [0, 0.05) is 24.4 Å². The van der Waals surface area contributed by atoms with Crippen LogP contribution in [0.15, 0.2) is 36.5 Å². The highest BCUT2D eigenvalue weighted by molar-refractivity contribution is 5.93. The highest BCUT2D eigenvalue weighted by Crippen LogP contribution is 2.17. The van der Waals surface area contributed by atoms with Crippen LogP contribution in [-0.2, 0) is 4.79 Å². The Morgan fingerprint density at radius 1 is 1.12 bits per heavy atom. The van der Waals surface area contributed by atoms with Crippen molar-refractivity contribution in [2.45, 2.75) is 51.0 Å². The van der Waals surface area contributed by atoms with Gasteiger partial charge in [-0.05, 0) is 31.4 Å². The molecule has 3 rings (SSSR count). The summed E-state index contributed by atoms with van der Waals surface area (Å²) in [6.07, 6.45) is 8.40. The summed E-state index contributed by atoms with van der Waals surface area (Å²) in [6, 6.07) is 9.86. The number of carbonyl (C=O) groups is 2. The van der Waals surface area contributed by atoms with E-state index in [2.05, 4.69) is 20.9 Å². The van der Waals surface area contributed by atoms with Crippen molar-refractivity contribution in [3.63, 3.8) is 0 Å². The van der Waals surface area contributed by atoms with E-state index in [1.807, 2.05) is 30.3 Å². The van der Waals surface area contributed by atoms with Gasteiger partial charge in [-0.1, -0.05) is 37.5 Å². The first-order valence-electron chi connectivity index (χ1n) is 9.40. The molecule has 0 radical (unpaired) electrons.